The highest BCUT2D eigenvalue weighted by atomic mass is 35.5. The number of nitrogens with two attached hydrogens (primary N) is 1. The lowest BCUT2D eigenvalue weighted by Gasteiger charge is -2.43. The number of nitrogens with one attached hydrogen (secondary N) is 1. The van der Waals surface area contributed by atoms with Gasteiger partial charge < -0.3 is 11.1 Å². The molecule has 3 N–H and O–H groups in total. The first kappa shape index (κ1) is 17.4. The summed E-state index contributed by atoms with van der Waals surface area (Å²) < 4.78 is 0.274. The van der Waals surface area contributed by atoms with Crippen LogP contribution < -0.4 is 11.1 Å². The maximum atomic E-state index is 12.5. The van der Waals surface area contributed by atoms with Gasteiger partial charge in [-0.25, -0.2) is 0 Å². The Bertz CT molecular complexity index is 359. The molecule has 3 fully saturated rings. The molecule has 1 aliphatic heterocycles. The van der Waals surface area contributed by atoms with E-state index >= 15 is 0 Å². The zero-order valence-electron chi connectivity index (χ0n) is 13.0. The molecule has 3 atom stereocenters. The predicted molar refractivity (Wildman–Crippen MR) is 91.9 cm³/mol. The van der Waals surface area contributed by atoms with Crippen LogP contribution in [-0.4, -0.2) is 29.0 Å². The van der Waals surface area contributed by atoms with Crippen molar-refractivity contribution in [2.45, 2.75) is 62.7 Å². The van der Waals surface area contributed by atoms with Crippen LogP contribution in [0.25, 0.3) is 0 Å². The number of hydrogen-bond acceptors (Lipinski definition) is 3. The Morgan fingerprint density at radius 1 is 1.29 bits per heavy atom. The van der Waals surface area contributed by atoms with Crippen molar-refractivity contribution >= 4 is 30.1 Å². The summed E-state index contributed by atoms with van der Waals surface area (Å²) in [7, 11) is 0. The average Bonchev–Trinajstić information content (AvgIpc) is 2.83. The Balaban J connectivity index is 0.00000161. The van der Waals surface area contributed by atoms with E-state index in [1.165, 1.54) is 37.9 Å². The van der Waals surface area contributed by atoms with Crippen molar-refractivity contribution in [2.24, 2.45) is 23.5 Å². The summed E-state index contributed by atoms with van der Waals surface area (Å²) in [4.78, 5) is 12.5. The summed E-state index contributed by atoms with van der Waals surface area (Å²) in [6.45, 7) is 3.13. The van der Waals surface area contributed by atoms with Gasteiger partial charge in [0.1, 0.15) is 0 Å². The fourth-order valence-electron chi connectivity index (χ4n) is 4.40. The second-order valence-corrected chi connectivity index (χ2v) is 9.00. The Morgan fingerprint density at radius 2 is 1.95 bits per heavy atom. The van der Waals surface area contributed by atoms with Gasteiger partial charge in [-0.3, -0.25) is 4.79 Å². The molecule has 0 aromatic rings. The van der Waals surface area contributed by atoms with Gasteiger partial charge in [0.25, 0.3) is 0 Å². The second kappa shape index (κ2) is 7.10. The van der Waals surface area contributed by atoms with Crippen LogP contribution in [0, 0.1) is 17.8 Å². The number of halogens is 1. The highest BCUT2D eigenvalue weighted by Crippen LogP contribution is 2.42. The minimum atomic E-state index is 0. The molecule has 3 rings (SSSR count). The molecule has 3 nitrogen and oxygen atoms in total. The van der Waals surface area contributed by atoms with Crippen LogP contribution in [0.15, 0.2) is 0 Å². The first-order valence-corrected chi connectivity index (χ1v) is 9.23. The Morgan fingerprint density at radius 3 is 2.52 bits per heavy atom. The van der Waals surface area contributed by atoms with E-state index in [0.29, 0.717) is 23.8 Å². The standard InChI is InChI=1S/C16H28N2OS.ClH/c1-16(6-3-7-20-16)10-18-15(19)13-8-11-4-2-5-12(9-13)14(11)17;/h11-14H,2-10,17H2,1H3,(H,18,19);1H. The van der Waals surface area contributed by atoms with Gasteiger partial charge in [0, 0.05) is 23.3 Å². The number of rotatable bonds is 3. The van der Waals surface area contributed by atoms with Crippen LogP contribution in [-0.2, 0) is 4.79 Å². The van der Waals surface area contributed by atoms with Gasteiger partial charge in [0.05, 0.1) is 0 Å². The second-order valence-electron chi connectivity index (χ2n) is 7.32. The number of carbonyl (C=O) groups is 1. The van der Waals surface area contributed by atoms with Gasteiger partial charge in [0.15, 0.2) is 0 Å². The first-order valence-electron chi connectivity index (χ1n) is 8.25. The molecule has 0 spiro atoms. The largest absolute Gasteiger partial charge is 0.354 e. The molecule has 21 heavy (non-hydrogen) atoms. The van der Waals surface area contributed by atoms with Crippen molar-refractivity contribution in [2.75, 3.05) is 12.3 Å². The number of hydrogen-bond donors (Lipinski definition) is 2. The Labute approximate surface area is 139 Å². The normalized spacial score (nSPS) is 42.2. The van der Waals surface area contributed by atoms with Crippen LogP contribution in [0.5, 0.6) is 0 Å². The predicted octanol–water partition coefficient (Wildman–Crippen LogP) is 2.96. The molecule has 1 amide bonds. The third-order valence-electron chi connectivity index (χ3n) is 5.72. The van der Waals surface area contributed by atoms with E-state index in [1.54, 1.807) is 0 Å². The summed E-state index contributed by atoms with van der Waals surface area (Å²) >= 11 is 2.02. The van der Waals surface area contributed by atoms with E-state index in [0.717, 1.165) is 19.4 Å². The number of fused-ring (bicyclic) bond motifs is 2. The van der Waals surface area contributed by atoms with Gasteiger partial charge in [-0.05, 0) is 63.0 Å². The minimum Gasteiger partial charge on any atom is -0.354 e. The van der Waals surface area contributed by atoms with Gasteiger partial charge in [0.2, 0.25) is 5.91 Å². The molecule has 0 aromatic heterocycles. The van der Waals surface area contributed by atoms with E-state index in [-0.39, 0.29) is 23.1 Å². The van der Waals surface area contributed by atoms with E-state index in [9.17, 15) is 4.79 Å². The lowest BCUT2D eigenvalue weighted by Crippen LogP contribution is -2.50. The topological polar surface area (TPSA) is 55.1 Å². The molecule has 2 saturated carbocycles. The van der Waals surface area contributed by atoms with Crippen LogP contribution in [0.2, 0.25) is 0 Å². The van der Waals surface area contributed by atoms with Gasteiger partial charge in [-0.2, -0.15) is 11.8 Å². The number of carbonyl (C=O) groups excluding carboxylic acids is 1. The number of amides is 1. The van der Waals surface area contributed by atoms with Gasteiger partial charge in [-0.1, -0.05) is 6.42 Å². The van der Waals surface area contributed by atoms with E-state index in [4.69, 9.17) is 5.73 Å². The smallest absolute Gasteiger partial charge is 0.223 e. The molecule has 2 aliphatic carbocycles. The molecule has 122 valence electrons. The summed E-state index contributed by atoms with van der Waals surface area (Å²) in [5, 5.41) is 3.24. The van der Waals surface area contributed by atoms with Crippen LogP contribution in [0.4, 0.5) is 0 Å². The monoisotopic (exact) mass is 332 g/mol. The lowest BCUT2D eigenvalue weighted by atomic mass is 9.65. The zero-order valence-corrected chi connectivity index (χ0v) is 14.6. The molecule has 5 heteroatoms. The molecule has 0 aromatic carbocycles. The average molecular weight is 333 g/mol. The summed E-state index contributed by atoms with van der Waals surface area (Å²) in [6, 6.07) is 0.357. The van der Waals surface area contributed by atoms with Gasteiger partial charge in [-0.15, -0.1) is 12.4 Å². The summed E-state index contributed by atoms with van der Waals surface area (Å²) in [6.07, 6.45) is 8.34. The van der Waals surface area contributed by atoms with Crippen LogP contribution in [0.3, 0.4) is 0 Å². The quantitative estimate of drug-likeness (QED) is 0.835. The molecule has 3 unspecified atom stereocenters. The van der Waals surface area contributed by atoms with Crippen molar-refractivity contribution in [3.8, 4) is 0 Å². The minimum absolute atomic E-state index is 0. The molecule has 1 saturated heterocycles. The zero-order chi connectivity index (χ0) is 14.2. The maximum absolute atomic E-state index is 12.5. The SMILES string of the molecule is CC1(CNC(=O)C2CC3CCCC(C2)C3N)CCCS1.Cl. The molecule has 0 radical (unpaired) electrons. The summed E-state index contributed by atoms with van der Waals surface area (Å²) in [5.74, 6) is 2.95. The lowest BCUT2D eigenvalue weighted by molar-refractivity contribution is -0.128. The van der Waals surface area contributed by atoms with E-state index in [2.05, 4.69) is 12.2 Å². The molecule has 3 aliphatic rings. The van der Waals surface area contributed by atoms with Crippen molar-refractivity contribution in [1.82, 2.24) is 5.32 Å². The third-order valence-corrected chi connectivity index (χ3v) is 7.26. The van der Waals surface area contributed by atoms with Gasteiger partial charge >= 0.3 is 0 Å². The Kier molecular flexibility index (Phi) is 5.89. The van der Waals surface area contributed by atoms with Crippen LogP contribution >= 0.6 is 24.2 Å². The highest BCUT2D eigenvalue weighted by molar-refractivity contribution is 8.00. The molecular weight excluding hydrogens is 304 g/mol. The Hall–Kier alpha value is 0.0700. The maximum Gasteiger partial charge on any atom is 0.223 e. The fraction of sp³-hybridized carbons (Fsp3) is 0.938. The van der Waals surface area contributed by atoms with E-state index < -0.39 is 0 Å². The van der Waals surface area contributed by atoms with E-state index in [1.807, 2.05) is 11.8 Å². The molecular formula is C16H29ClN2OS. The summed E-state index contributed by atoms with van der Waals surface area (Å²) in [5.41, 5.74) is 6.31. The van der Waals surface area contributed by atoms with Crippen LogP contribution in [0.1, 0.15) is 51.9 Å². The number of thioether (sulfide) groups is 1. The van der Waals surface area contributed by atoms with Crippen molar-refractivity contribution in [3.05, 3.63) is 0 Å². The van der Waals surface area contributed by atoms with Crippen molar-refractivity contribution < 1.29 is 4.79 Å². The van der Waals surface area contributed by atoms with Crippen molar-refractivity contribution in [1.29, 1.82) is 0 Å². The first-order chi connectivity index (χ1) is 9.57. The molecule has 1 heterocycles. The van der Waals surface area contributed by atoms with Crippen molar-refractivity contribution in [3.63, 3.8) is 0 Å². The fourth-order valence-corrected chi connectivity index (χ4v) is 5.64. The molecule has 2 bridgehead atoms. The highest BCUT2D eigenvalue weighted by Gasteiger charge is 2.41. The third kappa shape index (κ3) is 3.89.